The number of carbonyl (C=O) groups is 2. The molecule has 0 aromatic rings. The summed E-state index contributed by atoms with van der Waals surface area (Å²) < 4.78 is 5.31. The summed E-state index contributed by atoms with van der Waals surface area (Å²) >= 11 is 1.92. The molecule has 0 saturated heterocycles. The number of esters is 2. The molecule has 0 amide bonds. The lowest BCUT2D eigenvalue weighted by Crippen LogP contribution is -2.72. The maximum atomic E-state index is 13.2. The molecule has 0 radical (unpaired) electrons. The van der Waals surface area contributed by atoms with E-state index in [9.17, 15) is 9.59 Å². The number of cyclic esters (lactones) is 2. The zero-order chi connectivity index (χ0) is 18.5. The molecule has 10 atom stereocenters. The lowest BCUT2D eigenvalue weighted by molar-refractivity contribution is -0.253. The van der Waals surface area contributed by atoms with Crippen molar-refractivity contribution in [1.82, 2.24) is 0 Å². The Labute approximate surface area is 169 Å². The van der Waals surface area contributed by atoms with Crippen molar-refractivity contribution in [1.29, 1.82) is 0 Å². The minimum Gasteiger partial charge on any atom is -0.386 e. The maximum Gasteiger partial charge on any atom is 0.346 e. The van der Waals surface area contributed by atoms with E-state index in [2.05, 4.69) is 11.5 Å². The van der Waals surface area contributed by atoms with Crippen LogP contribution in [-0.2, 0) is 14.3 Å². The first-order valence-electron chi connectivity index (χ1n) is 11.1. The van der Waals surface area contributed by atoms with Gasteiger partial charge < -0.3 is 4.74 Å². The number of rotatable bonds is 0. The van der Waals surface area contributed by atoms with E-state index in [1.165, 1.54) is 37.7 Å². The Balaban J connectivity index is 1.44. The first-order chi connectivity index (χ1) is 13.6. The van der Waals surface area contributed by atoms with Crippen LogP contribution >= 0.6 is 11.8 Å². The van der Waals surface area contributed by atoms with E-state index in [4.69, 9.17) is 4.74 Å². The van der Waals surface area contributed by atoms with E-state index in [0.717, 1.165) is 46.7 Å². The Morgan fingerprint density at radius 2 is 1.64 bits per heavy atom. The summed E-state index contributed by atoms with van der Waals surface area (Å²) in [5.41, 5.74) is 3.63. The fraction of sp³-hybridized carbons (Fsp3) is 0.667. The smallest absolute Gasteiger partial charge is 0.346 e. The van der Waals surface area contributed by atoms with Crippen molar-refractivity contribution in [3.63, 3.8) is 0 Å². The molecule has 2 aliphatic heterocycles. The minimum atomic E-state index is -0.380. The maximum absolute atomic E-state index is 13.2. The van der Waals surface area contributed by atoms with Crippen LogP contribution in [0.15, 0.2) is 33.8 Å². The summed E-state index contributed by atoms with van der Waals surface area (Å²) in [4.78, 5) is 26.0. The van der Waals surface area contributed by atoms with Gasteiger partial charge in [-0.2, -0.15) is 0 Å². The Hall–Kier alpha value is -1.29. The number of ether oxygens (including phenoxy) is 1. The molecule has 1 spiro atoms. The molecular weight excluding hydrogens is 368 g/mol. The van der Waals surface area contributed by atoms with Gasteiger partial charge >= 0.3 is 11.9 Å². The molecule has 4 heteroatoms. The Kier molecular flexibility index (Phi) is 2.53. The van der Waals surface area contributed by atoms with E-state index in [1.54, 1.807) is 0 Å². The molecule has 8 bridgehead atoms. The van der Waals surface area contributed by atoms with Crippen LogP contribution in [0.5, 0.6) is 0 Å². The molecule has 10 rings (SSSR count). The van der Waals surface area contributed by atoms with Crippen LogP contribution in [0, 0.1) is 52.8 Å². The lowest BCUT2D eigenvalue weighted by Gasteiger charge is -2.76. The van der Waals surface area contributed by atoms with Crippen LogP contribution in [0.3, 0.4) is 0 Å². The van der Waals surface area contributed by atoms with E-state index in [-0.39, 0.29) is 17.4 Å². The zero-order valence-corrected chi connectivity index (χ0v) is 16.8. The topological polar surface area (TPSA) is 43.4 Å². The highest BCUT2D eigenvalue weighted by Gasteiger charge is 2.76. The number of thioether (sulfide) groups is 1. The molecule has 0 aromatic carbocycles. The molecule has 2 heterocycles. The average Bonchev–Trinajstić information content (AvgIpc) is 3.29. The van der Waals surface area contributed by atoms with Crippen LogP contribution < -0.4 is 0 Å². The number of hydrogen-bond acceptors (Lipinski definition) is 4. The third kappa shape index (κ3) is 1.37. The molecule has 0 aromatic heterocycles. The minimum absolute atomic E-state index is 0.156. The van der Waals surface area contributed by atoms with Crippen LogP contribution in [-0.4, -0.2) is 17.2 Å². The van der Waals surface area contributed by atoms with Crippen molar-refractivity contribution in [2.45, 2.75) is 44.3 Å². The molecule has 144 valence electrons. The predicted molar refractivity (Wildman–Crippen MR) is 105 cm³/mol. The Morgan fingerprint density at radius 1 is 0.964 bits per heavy atom. The van der Waals surface area contributed by atoms with Crippen LogP contribution in [0.1, 0.15) is 39.0 Å². The van der Waals surface area contributed by atoms with E-state index >= 15 is 0 Å². The highest BCUT2D eigenvalue weighted by atomic mass is 32.2. The summed E-state index contributed by atoms with van der Waals surface area (Å²) in [7, 11) is 0. The summed E-state index contributed by atoms with van der Waals surface area (Å²) in [6.07, 6.45) is 9.01. The van der Waals surface area contributed by atoms with Crippen molar-refractivity contribution in [3.05, 3.63) is 33.8 Å². The highest BCUT2D eigenvalue weighted by Crippen LogP contribution is 2.80. The second-order valence-corrected chi connectivity index (χ2v) is 11.9. The summed E-state index contributed by atoms with van der Waals surface area (Å²) in [6.45, 7) is 2.03. The third-order valence-corrected chi connectivity index (χ3v) is 11.8. The molecule has 6 unspecified atom stereocenters. The van der Waals surface area contributed by atoms with Crippen LogP contribution in [0.2, 0.25) is 0 Å². The number of hydrogen-bond donors (Lipinski definition) is 0. The number of fused-ring (bicyclic) bond motifs is 1. The van der Waals surface area contributed by atoms with Crippen molar-refractivity contribution < 1.29 is 14.3 Å². The molecule has 0 N–H and O–H groups in total. The standard InChI is InChI=1S/C24H24O3S/c1-9-12-2-3-28-21(12)24(20-18(9)22(25)27-23(20)26)11-7-14-13-4-10-5-16(14)19(24)17(6-10)15(13)8-11/h2-3,10-11,13-17,19,21H,4-8H2,1H3/t10?,11?,13?,14-,15?,16-,17?,19?,21+,24+/m0/s1. The van der Waals surface area contributed by atoms with Gasteiger partial charge in [0.1, 0.15) is 0 Å². The summed E-state index contributed by atoms with van der Waals surface area (Å²) in [5.74, 6) is 5.67. The number of carbonyl (C=O) groups excluding carboxylic acids is 2. The van der Waals surface area contributed by atoms with Gasteiger partial charge in [0.15, 0.2) is 0 Å². The zero-order valence-electron chi connectivity index (χ0n) is 16.0. The Bertz CT molecular complexity index is 964. The van der Waals surface area contributed by atoms with Gasteiger partial charge in [-0.25, -0.2) is 9.59 Å². The van der Waals surface area contributed by atoms with E-state index in [1.807, 2.05) is 18.7 Å². The molecule has 28 heavy (non-hydrogen) atoms. The monoisotopic (exact) mass is 392 g/mol. The predicted octanol–water partition coefficient (Wildman–Crippen LogP) is 4.26. The molecule has 10 aliphatic rings. The van der Waals surface area contributed by atoms with Gasteiger partial charge in [0.2, 0.25) is 0 Å². The lowest BCUT2D eigenvalue weighted by atomic mass is 9.28. The van der Waals surface area contributed by atoms with Gasteiger partial charge in [0.05, 0.1) is 11.1 Å². The van der Waals surface area contributed by atoms with Crippen molar-refractivity contribution in [2.24, 2.45) is 52.8 Å². The van der Waals surface area contributed by atoms with Gasteiger partial charge in [0.25, 0.3) is 0 Å². The van der Waals surface area contributed by atoms with Crippen molar-refractivity contribution >= 4 is 23.7 Å². The molecule has 8 aliphatic carbocycles. The average molecular weight is 393 g/mol. The summed E-state index contributed by atoms with van der Waals surface area (Å²) in [5, 5.41) is 2.54. The van der Waals surface area contributed by atoms with Crippen molar-refractivity contribution in [3.8, 4) is 0 Å². The second kappa shape index (κ2) is 4.55. The quantitative estimate of drug-likeness (QED) is 0.456. The van der Waals surface area contributed by atoms with Gasteiger partial charge in [-0.05, 0) is 103 Å². The molecule has 7 fully saturated rings. The fourth-order valence-corrected chi connectivity index (χ4v) is 11.7. The van der Waals surface area contributed by atoms with Gasteiger partial charge in [0, 0.05) is 10.7 Å². The van der Waals surface area contributed by atoms with E-state index < -0.39 is 0 Å². The number of allylic oxidation sites excluding steroid dienone is 1. The first kappa shape index (κ1) is 15.5. The largest absolute Gasteiger partial charge is 0.386 e. The molecule has 3 nitrogen and oxygen atoms in total. The Morgan fingerprint density at radius 3 is 2.39 bits per heavy atom. The van der Waals surface area contributed by atoms with E-state index in [0.29, 0.717) is 22.7 Å². The summed E-state index contributed by atoms with van der Waals surface area (Å²) in [6, 6.07) is 0. The van der Waals surface area contributed by atoms with Crippen molar-refractivity contribution in [2.75, 3.05) is 0 Å². The van der Waals surface area contributed by atoms with Gasteiger partial charge in [-0.3, -0.25) is 0 Å². The molecule has 7 saturated carbocycles. The highest BCUT2D eigenvalue weighted by molar-refractivity contribution is 8.03. The second-order valence-electron chi connectivity index (χ2n) is 10.8. The van der Waals surface area contributed by atoms with Gasteiger partial charge in [-0.15, -0.1) is 11.8 Å². The van der Waals surface area contributed by atoms with Crippen LogP contribution in [0.25, 0.3) is 0 Å². The normalized spacial score (nSPS) is 56.4. The third-order valence-electron chi connectivity index (χ3n) is 10.5. The molecular formula is C24H24O3S. The SMILES string of the molecule is CC1=C2C=CS[C@H]2[C@]2(C3=C1C(=O)OC3=O)C1CC3C4CC5CC3[C@H](C1)[C@H](C5)C42. The first-order valence-corrected chi connectivity index (χ1v) is 12.1. The van der Waals surface area contributed by atoms with Gasteiger partial charge in [-0.1, -0.05) is 6.08 Å². The fourth-order valence-electron chi connectivity index (χ4n) is 10.3. The van der Waals surface area contributed by atoms with Crippen LogP contribution in [0.4, 0.5) is 0 Å².